The number of carbonyl (C=O) groups is 1. The second-order valence-corrected chi connectivity index (χ2v) is 3.35. The molecule has 5 heteroatoms. The van der Waals surface area contributed by atoms with Crippen LogP contribution in [0.25, 0.3) is 4.85 Å². The first-order valence-electron chi connectivity index (χ1n) is 4.52. The molecule has 1 aliphatic heterocycles. The van der Waals surface area contributed by atoms with E-state index in [0.29, 0.717) is 18.1 Å². The minimum absolute atomic E-state index is 0.111. The highest BCUT2D eigenvalue weighted by Crippen LogP contribution is 2.22. The number of hydrogen-bond donors (Lipinski definition) is 1. The molecule has 1 unspecified atom stereocenters. The van der Waals surface area contributed by atoms with Crippen LogP contribution in [0, 0.1) is 6.57 Å². The van der Waals surface area contributed by atoms with Crippen LogP contribution < -0.4 is 4.90 Å². The lowest BCUT2D eigenvalue weighted by atomic mass is 10.3. The van der Waals surface area contributed by atoms with Crippen LogP contribution in [-0.4, -0.2) is 28.6 Å². The van der Waals surface area contributed by atoms with Gasteiger partial charge in [0.05, 0.1) is 24.8 Å². The SMILES string of the molecule is [C-]#[N+]c1ccc(N2CC(O)CC2=O)cn1. The molecule has 0 bridgehead atoms. The molecule has 2 rings (SSSR count). The molecular formula is C10H9N3O2. The van der Waals surface area contributed by atoms with Crippen LogP contribution in [0.2, 0.25) is 0 Å². The summed E-state index contributed by atoms with van der Waals surface area (Å²) in [6.45, 7) is 7.04. The summed E-state index contributed by atoms with van der Waals surface area (Å²) in [6, 6.07) is 3.22. The fourth-order valence-electron chi connectivity index (χ4n) is 1.54. The molecule has 0 aromatic carbocycles. The van der Waals surface area contributed by atoms with E-state index in [-0.39, 0.29) is 12.3 Å². The second-order valence-electron chi connectivity index (χ2n) is 3.35. The topological polar surface area (TPSA) is 57.8 Å². The summed E-state index contributed by atoms with van der Waals surface area (Å²) in [7, 11) is 0. The molecule has 0 spiro atoms. The number of carbonyl (C=O) groups excluding carboxylic acids is 1. The Morgan fingerprint density at radius 3 is 2.87 bits per heavy atom. The smallest absolute Gasteiger partial charge is 0.269 e. The number of aromatic nitrogens is 1. The van der Waals surface area contributed by atoms with Crippen molar-refractivity contribution in [3.8, 4) is 0 Å². The molecule has 15 heavy (non-hydrogen) atoms. The molecule has 0 aliphatic carbocycles. The van der Waals surface area contributed by atoms with E-state index >= 15 is 0 Å². The highest BCUT2D eigenvalue weighted by molar-refractivity contribution is 5.95. The largest absolute Gasteiger partial charge is 0.391 e. The highest BCUT2D eigenvalue weighted by Gasteiger charge is 2.29. The van der Waals surface area contributed by atoms with E-state index in [1.807, 2.05) is 0 Å². The van der Waals surface area contributed by atoms with Crippen molar-refractivity contribution in [2.24, 2.45) is 0 Å². The van der Waals surface area contributed by atoms with E-state index in [0.717, 1.165) is 0 Å². The normalized spacial score (nSPS) is 20.4. The van der Waals surface area contributed by atoms with E-state index in [1.54, 1.807) is 12.1 Å². The summed E-state index contributed by atoms with van der Waals surface area (Å²) >= 11 is 0. The van der Waals surface area contributed by atoms with E-state index in [9.17, 15) is 9.90 Å². The van der Waals surface area contributed by atoms with Crippen molar-refractivity contribution in [2.75, 3.05) is 11.4 Å². The van der Waals surface area contributed by atoms with E-state index < -0.39 is 6.10 Å². The molecule has 1 saturated heterocycles. The van der Waals surface area contributed by atoms with Gasteiger partial charge in [0.25, 0.3) is 5.82 Å². The van der Waals surface area contributed by atoms with Crippen molar-refractivity contribution in [1.82, 2.24) is 4.98 Å². The summed E-state index contributed by atoms with van der Waals surface area (Å²) in [6.07, 6.45) is 1.03. The Morgan fingerprint density at radius 2 is 2.40 bits per heavy atom. The Balaban J connectivity index is 2.23. The lowest BCUT2D eigenvalue weighted by Crippen LogP contribution is -2.25. The average molecular weight is 203 g/mol. The summed E-state index contributed by atoms with van der Waals surface area (Å²) in [5, 5.41) is 9.30. The Hall–Kier alpha value is -1.93. The molecule has 1 aliphatic rings. The van der Waals surface area contributed by atoms with Gasteiger partial charge >= 0.3 is 0 Å². The number of amides is 1. The molecule has 1 N–H and O–H groups in total. The quantitative estimate of drug-likeness (QED) is 0.684. The number of nitrogens with zero attached hydrogens (tertiary/aromatic N) is 3. The molecular weight excluding hydrogens is 194 g/mol. The average Bonchev–Trinajstić information content (AvgIpc) is 2.58. The van der Waals surface area contributed by atoms with Gasteiger partial charge in [-0.1, -0.05) is 6.57 Å². The van der Waals surface area contributed by atoms with Crippen molar-refractivity contribution >= 4 is 17.4 Å². The first kappa shape index (κ1) is 9.62. The Labute approximate surface area is 86.8 Å². The van der Waals surface area contributed by atoms with Crippen molar-refractivity contribution in [3.05, 3.63) is 29.7 Å². The lowest BCUT2D eigenvalue weighted by Gasteiger charge is -2.13. The maximum Gasteiger partial charge on any atom is 0.269 e. The van der Waals surface area contributed by atoms with Gasteiger partial charge in [-0.05, 0) is 12.1 Å². The predicted octanol–water partition coefficient (Wildman–Crippen LogP) is 0.730. The fraction of sp³-hybridized carbons (Fsp3) is 0.300. The Kier molecular flexibility index (Phi) is 2.35. The molecule has 0 saturated carbocycles. The summed E-state index contributed by atoms with van der Waals surface area (Å²) in [4.78, 5) is 19.9. The standard InChI is InChI=1S/C10H9N3O2/c1-11-9-3-2-7(5-12-9)13-6-8(14)4-10(13)15/h2-3,5,8,14H,4,6H2. The Bertz CT molecular complexity index is 421. The second kappa shape index (κ2) is 3.67. The van der Waals surface area contributed by atoms with Gasteiger partial charge in [0, 0.05) is 0 Å². The fourth-order valence-corrected chi connectivity index (χ4v) is 1.54. The zero-order chi connectivity index (χ0) is 10.8. The lowest BCUT2D eigenvalue weighted by molar-refractivity contribution is -0.117. The number of anilines is 1. The third-order valence-electron chi connectivity index (χ3n) is 2.26. The zero-order valence-electron chi connectivity index (χ0n) is 7.92. The molecule has 1 aromatic heterocycles. The van der Waals surface area contributed by atoms with Gasteiger partial charge in [0.2, 0.25) is 5.91 Å². The molecule has 1 amide bonds. The van der Waals surface area contributed by atoms with Crippen LogP contribution in [-0.2, 0) is 4.79 Å². The molecule has 1 fully saturated rings. The number of rotatable bonds is 1. The molecule has 0 radical (unpaired) electrons. The maximum atomic E-state index is 11.4. The molecule has 5 nitrogen and oxygen atoms in total. The van der Waals surface area contributed by atoms with Crippen LogP contribution in [0.3, 0.4) is 0 Å². The van der Waals surface area contributed by atoms with Gasteiger partial charge in [0.1, 0.15) is 6.20 Å². The molecule has 76 valence electrons. The van der Waals surface area contributed by atoms with Crippen LogP contribution in [0.4, 0.5) is 11.5 Å². The number of aliphatic hydroxyl groups excluding tert-OH is 1. The van der Waals surface area contributed by atoms with Gasteiger partial charge in [0.15, 0.2) is 0 Å². The minimum Gasteiger partial charge on any atom is -0.391 e. The predicted molar refractivity (Wildman–Crippen MR) is 53.5 cm³/mol. The third kappa shape index (κ3) is 1.80. The van der Waals surface area contributed by atoms with E-state index in [4.69, 9.17) is 6.57 Å². The molecule has 1 atom stereocenters. The first-order chi connectivity index (χ1) is 7.20. The third-order valence-corrected chi connectivity index (χ3v) is 2.26. The van der Waals surface area contributed by atoms with Crippen molar-refractivity contribution in [2.45, 2.75) is 12.5 Å². The van der Waals surface area contributed by atoms with Crippen LogP contribution in [0.15, 0.2) is 18.3 Å². The number of β-amino-alcohol motifs (C(OH)–C–C–N with tert-alkyl or cyclic N) is 1. The van der Waals surface area contributed by atoms with Crippen LogP contribution in [0.1, 0.15) is 6.42 Å². The molecule has 2 heterocycles. The monoisotopic (exact) mass is 203 g/mol. The zero-order valence-corrected chi connectivity index (χ0v) is 7.92. The van der Waals surface area contributed by atoms with E-state index in [2.05, 4.69) is 9.83 Å². The van der Waals surface area contributed by atoms with Gasteiger partial charge in [-0.25, -0.2) is 0 Å². The number of pyridine rings is 1. The maximum absolute atomic E-state index is 11.4. The van der Waals surface area contributed by atoms with Gasteiger partial charge in [-0.2, -0.15) is 0 Å². The van der Waals surface area contributed by atoms with Crippen LogP contribution >= 0.6 is 0 Å². The van der Waals surface area contributed by atoms with Gasteiger partial charge in [-0.3, -0.25) is 4.79 Å². The number of hydrogen-bond acceptors (Lipinski definition) is 3. The summed E-state index contributed by atoms with van der Waals surface area (Å²) in [5.74, 6) is 0.186. The van der Waals surface area contributed by atoms with Gasteiger partial charge < -0.3 is 14.9 Å². The number of aliphatic hydroxyl groups is 1. The van der Waals surface area contributed by atoms with Crippen molar-refractivity contribution in [1.29, 1.82) is 0 Å². The van der Waals surface area contributed by atoms with Crippen LogP contribution in [0.5, 0.6) is 0 Å². The Morgan fingerprint density at radius 1 is 1.60 bits per heavy atom. The first-order valence-corrected chi connectivity index (χ1v) is 4.52. The minimum atomic E-state index is -0.599. The van der Waals surface area contributed by atoms with E-state index in [1.165, 1.54) is 11.1 Å². The summed E-state index contributed by atoms with van der Waals surface area (Å²) in [5.41, 5.74) is 0.629. The van der Waals surface area contributed by atoms with Crippen molar-refractivity contribution < 1.29 is 9.90 Å². The summed E-state index contributed by atoms with van der Waals surface area (Å²) < 4.78 is 0. The van der Waals surface area contributed by atoms with Crippen molar-refractivity contribution in [3.63, 3.8) is 0 Å². The molecule has 1 aromatic rings. The van der Waals surface area contributed by atoms with Gasteiger partial charge in [-0.15, -0.1) is 4.98 Å². The highest BCUT2D eigenvalue weighted by atomic mass is 16.3.